The average Bonchev–Trinajstić information content (AvgIpc) is 2.81. The smallest absolute Gasteiger partial charge is 0.193 e. The Labute approximate surface area is 151 Å². The highest BCUT2D eigenvalue weighted by molar-refractivity contribution is 14.0. The first-order chi connectivity index (χ1) is 10.00. The largest absolute Gasteiger partial charge is 0.508 e. The molecule has 4 nitrogen and oxygen atoms in total. The molecule has 0 aliphatic carbocycles. The van der Waals surface area contributed by atoms with E-state index in [9.17, 15) is 5.11 Å². The van der Waals surface area contributed by atoms with Crippen LogP contribution in [0.4, 0.5) is 0 Å². The van der Waals surface area contributed by atoms with Crippen molar-refractivity contribution >= 4 is 29.9 Å². The van der Waals surface area contributed by atoms with Gasteiger partial charge in [-0.2, -0.15) is 0 Å². The van der Waals surface area contributed by atoms with Gasteiger partial charge in [0, 0.05) is 26.7 Å². The summed E-state index contributed by atoms with van der Waals surface area (Å²) in [5, 5.41) is 12.7. The van der Waals surface area contributed by atoms with Gasteiger partial charge in [0.15, 0.2) is 5.96 Å². The van der Waals surface area contributed by atoms with Gasteiger partial charge in [-0.3, -0.25) is 4.99 Å². The van der Waals surface area contributed by atoms with Crippen molar-refractivity contribution in [3.63, 3.8) is 0 Å². The Kier molecular flexibility index (Phi) is 7.45. The number of phenols is 1. The summed E-state index contributed by atoms with van der Waals surface area (Å²) in [5.41, 5.74) is 1.65. The van der Waals surface area contributed by atoms with Gasteiger partial charge in [0.2, 0.25) is 0 Å². The maximum absolute atomic E-state index is 9.26. The molecule has 0 saturated carbocycles. The third-order valence-electron chi connectivity index (χ3n) is 4.05. The predicted molar refractivity (Wildman–Crippen MR) is 103 cm³/mol. The zero-order valence-corrected chi connectivity index (χ0v) is 16.1. The van der Waals surface area contributed by atoms with Crippen LogP contribution in [0.15, 0.2) is 29.3 Å². The number of hydrogen-bond donors (Lipinski definition) is 2. The molecule has 1 aromatic rings. The summed E-state index contributed by atoms with van der Waals surface area (Å²) < 4.78 is 0. The molecular formula is C17H28IN3O. The molecule has 1 saturated heterocycles. The van der Waals surface area contributed by atoms with Crippen molar-refractivity contribution in [3.05, 3.63) is 29.8 Å². The Morgan fingerprint density at radius 2 is 2.00 bits per heavy atom. The lowest BCUT2D eigenvalue weighted by Gasteiger charge is -2.23. The third kappa shape index (κ3) is 5.66. The molecule has 1 aliphatic heterocycles. The highest BCUT2D eigenvalue weighted by atomic mass is 127. The number of rotatable bonds is 4. The molecule has 22 heavy (non-hydrogen) atoms. The number of benzene rings is 1. The normalized spacial score (nSPS) is 17.2. The van der Waals surface area contributed by atoms with Gasteiger partial charge in [0.05, 0.1) is 0 Å². The van der Waals surface area contributed by atoms with Gasteiger partial charge in [-0.25, -0.2) is 0 Å². The monoisotopic (exact) mass is 417 g/mol. The van der Waals surface area contributed by atoms with E-state index < -0.39 is 0 Å². The van der Waals surface area contributed by atoms with Crippen molar-refractivity contribution < 1.29 is 5.11 Å². The van der Waals surface area contributed by atoms with Crippen LogP contribution < -0.4 is 5.32 Å². The number of aryl methyl sites for hydroxylation is 1. The Bertz CT molecular complexity index is 485. The topological polar surface area (TPSA) is 47.9 Å². The summed E-state index contributed by atoms with van der Waals surface area (Å²) in [6, 6.07) is 7.45. The van der Waals surface area contributed by atoms with Crippen LogP contribution in [-0.2, 0) is 6.42 Å². The minimum absolute atomic E-state index is 0. The van der Waals surface area contributed by atoms with Gasteiger partial charge in [-0.05, 0) is 42.4 Å². The van der Waals surface area contributed by atoms with Gasteiger partial charge in [-0.1, -0.05) is 26.0 Å². The number of nitrogens with zero attached hydrogens (tertiary/aromatic N) is 2. The molecule has 1 heterocycles. The molecule has 1 fully saturated rings. The van der Waals surface area contributed by atoms with Crippen LogP contribution in [-0.4, -0.2) is 42.6 Å². The fourth-order valence-corrected chi connectivity index (χ4v) is 2.78. The van der Waals surface area contributed by atoms with Crippen LogP contribution >= 0.6 is 24.0 Å². The zero-order chi connectivity index (χ0) is 15.3. The minimum atomic E-state index is 0. The summed E-state index contributed by atoms with van der Waals surface area (Å²) in [6.07, 6.45) is 3.29. The van der Waals surface area contributed by atoms with Gasteiger partial charge in [0.1, 0.15) is 5.75 Å². The number of phenolic OH excluding ortho intramolecular Hbond substituents is 1. The summed E-state index contributed by atoms with van der Waals surface area (Å²) in [5.74, 6) is 1.35. The second kappa shape index (κ2) is 8.60. The molecular weight excluding hydrogens is 389 g/mol. The van der Waals surface area contributed by atoms with Gasteiger partial charge in [0.25, 0.3) is 0 Å². The maximum atomic E-state index is 9.26. The van der Waals surface area contributed by atoms with E-state index in [0.29, 0.717) is 11.2 Å². The highest BCUT2D eigenvalue weighted by Gasteiger charge is 2.30. The SMILES string of the molecule is CN=C(NCCCc1ccc(O)cc1)N1CCC(C)(C)C1.I. The Morgan fingerprint density at radius 3 is 2.55 bits per heavy atom. The molecule has 0 spiro atoms. The number of likely N-dealkylation sites (tertiary alicyclic amines) is 1. The molecule has 2 N–H and O–H groups in total. The van der Waals surface area contributed by atoms with Crippen molar-refractivity contribution in [1.82, 2.24) is 10.2 Å². The quantitative estimate of drug-likeness (QED) is 0.342. The van der Waals surface area contributed by atoms with Crippen molar-refractivity contribution in [2.45, 2.75) is 33.1 Å². The van der Waals surface area contributed by atoms with Crippen LogP contribution in [0.25, 0.3) is 0 Å². The lowest BCUT2D eigenvalue weighted by atomic mass is 9.93. The molecule has 124 valence electrons. The fourth-order valence-electron chi connectivity index (χ4n) is 2.78. The third-order valence-corrected chi connectivity index (χ3v) is 4.05. The summed E-state index contributed by atoms with van der Waals surface area (Å²) in [4.78, 5) is 6.74. The molecule has 1 aliphatic rings. The minimum Gasteiger partial charge on any atom is -0.508 e. The lowest BCUT2D eigenvalue weighted by molar-refractivity contribution is 0.370. The zero-order valence-electron chi connectivity index (χ0n) is 13.8. The van der Waals surface area contributed by atoms with Crippen molar-refractivity contribution in [2.75, 3.05) is 26.7 Å². The van der Waals surface area contributed by atoms with Crippen LogP contribution in [0.3, 0.4) is 0 Å². The van der Waals surface area contributed by atoms with Crippen LogP contribution in [0.2, 0.25) is 0 Å². The van der Waals surface area contributed by atoms with Gasteiger partial charge >= 0.3 is 0 Å². The van der Waals surface area contributed by atoms with E-state index >= 15 is 0 Å². The molecule has 0 aromatic heterocycles. The predicted octanol–water partition coefficient (Wildman–Crippen LogP) is 3.25. The number of nitrogens with one attached hydrogen (secondary N) is 1. The molecule has 0 radical (unpaired) electrons. The molecule has 0 bridgehead atoms. The second-order valence-electron chi connectivity index (χ2n) is 6.58. The highest BCUT2D eigenvalue weighted by Crippen LogP contribution is 2.28. The van der Waals surface area contributed by atoms with Gasteiger partial charge < -0.3 is 15.3 Å². The van der Waals surface area contributed by atoms with Crippen LogP contribution in [0.5, 0.6) is 5.75 Å². The van der Waals surface area contributed by atoms with Crippen LogP contribution in [0, 0.1) is 5.41 Å². The van der Waals surface area contributed by atoms with Crippen LogP contribution in [0.1, 0.15) is 32.3 Å². The number of aliphatic imine (C=N–C) groups is 1. The summed E-state index contributed by atoms with van der Waals surface area (Å²) in [6.45, 7) is 7.70. The average molecular weight is 417 g/mol. The first kappa shape index (κ1) is 19.1. The standard InChI is InChI=1S/C17H27N3O.HI/c1-17(2)10-12-20(13-17)16(18-3)19-11-4-5-14-6-8-15(21)9-7-14;/h6-9,21H,4-5,10-13H2,1-3H3,(H,18,19);1H. The van der Waals surface area contributed by atoms with E-state index in [4.69, 9.17) is 0 Å². The van der Waals surface area contributed by atoms with Crippen molar-refractivity contribution in [1.29, 1.82) is 0 Å². The van der Waals surface area contributed by atoms with Crippen molar-refractivity contribution in [2.24, 2.45) is 10.4 Å². The van der Waals surface area contributed by atoms with Gasteiger partial charge in [-0.15, -0.1) is 24.0 Å². The summed E-state index contributed by atoms with van der Waals surface area (Å²) >= 11 is 0. The molecule has 1 aromatic carbocycles. The van der Waals surface area contributed by atoms with E-state index in [1.165, 1.54) is 12.0 Å². The van der Waals surface area contributed by atoms with E-state index in [-0.39, 0.29) is 24.0 Å². The van der Waals surface area contributed by atoms with E-state index in [0.717, 1.165) is 38.4 Å². The van der Waals surface area contributed by atoms with E-state index in [2.05, 4.69) is 29.1 Å². The Hall–Kier alpha value is -0.980. The first-order valence-electron chi connectivity index (χ1n) is 7.74. The van der Waals surface area contributed by atoms with E-state index in [1.807, 2.05) is 19.2 Å². The number of hydrogen-bond acceptors (Lipinski definition) is 2. The fraction of sp³-hybridized carbons (Fsp3) is 0.588. The second-order valence-corrected chi connectivity index (χ2v) is 6.58. The Balaban J connectivity index is 0.00000242. The number of aromatic hydroxyl groups is 1. The summed E-state index contributed by atoms with van der Waals surface area (Å²) in [7, 11) is 1.85. The number of halogens is 1. The Morgan fingerprint density at radius 1 is 1.32 bits per heavy atom. The first-order valence-corrected chi connectivity index (χ1v) is 7.74. The number of guanidine groups is 1. The lowest BCUT2D eigenvalue weighted by Crippen LogP contribution is -2.41. The molecule has 5 heteroatoms. The van der Waals surface area contributed by atoms with Crippen molar-refractivity contribution in [3.8, 4) is 5.75 Å². The molecule has 0 amide bonds. The molecule has 0 atom stereocenters. The maximum Gasteiger partial charge on any atom is 0.193 e. The molecule has 0 unspecified atom stereocenters. The van der Waals surface area contributed by atoms with E-state index in [1.54, 1.807) is 12.1 Å². The molecule has 2 rings (SSSR count).